The number of rotatable bonds is 3. The van der Waals surface area contributed by atoms with Crippen molar-refractivity contribution in [2.75, 3.05) is 0 Å². The molecular formula is C13H12O2S. The molecule has 0 atom stereocenters. The van der Waals surface area contributed by atoms with Gasteiger partial charge in [0, 0.05) is 0 Å². The monoisotopic (exact) mass is 232 g/mol. The minimum absolute atomic E-state index is 0.680. The highest BCUT2D eigenvalue weighted by Gasteiger charge is 2.02. The van der Waals surface area contributed by atoms with Gasteiger partial charge >= 0.3 is 0 Å². The number of hydrogen-bond donors (Lipinski definition) is 0. The molecule has 0 spiro atoms. The number of carbonyl (C=O) groups is 1. The molecule has 0 bridgehead atoms. The van der Waals surface area contributed by atoms with Crippen molar-refractivity contribution < 1.29 is 9.53 Å². The van der Waals surface area contributed by atoms with Gasteiger partial charge in [0.05, 0.1) is 4.88 Å². The number of carbonyl (C=O) groups excluding carboxylic acids is 1. The Morgan fingerprint density at radius 2 is 1.81 bits per heavy atom. The molecule has 0 saturated carbocycles. The minimum atomic E-state index is 0.680. The number of aryl methyl sites for hydroxylation is 2. The highest BCUT2D eigenvalue weighted by molar-refractivity contribution is 7.15. The van der Waals surface area contributed by atoms with E-state index < -0.39 is 0 Å². The minimum Gasteiger partial charge on any atom is -0.447 e. The van der Waals surface area contributed by atoms with Gasteiger partial charge < -0.3 is 4.74 Å². The van der Waals surface area contributed by atoms with Crippen LogP contribution in [0.25, 0.3) is 0 Å². The summed E-state index contributed by atoms with van der Waals surface area (Å²) in [4.78, 5) is 11.2. The summed E-state index contributed by atoms with van der Waals surface area (Å²) in [5.41, 5.74) is 2.34. The molecule has 16 heavy (non-hydrogen) atoms. The third kappa shape index (κ3) is 2.49. The summed E-state index contributed by atoms with van der Waals surface area (Å²) in [5, 5.41) is 0.743. The molecule has 0 saturated heterocycles. The summed E-state index contributed by atoms with van der Waals surface area (Å²) in [5.74, 6) is 0.816. The summed E-state index contributed by atoms with van der Waals surface area (Å²) in [6.07, 6.45) is 0.832. The number of thiophene rings is 1. The van der Waals surface area contributed by atoms with Crippen LogP contribution in [0, 0.1) is 13.8 Å². The molecule has 1 aromatic carbocycles. The van der Waals surface area contributed by atoms with Gasteiger partial charge in [-0.15, -0.1) is 0 Å². The summed E-state index contributed by atoms with van der Waals surface area (Å²) < 4.78 is 5.68. The van der Waals surface area contributed by atoms with E-state index >= 15 is 0 Å². The van der Waals surface area contributed by atoms with Crippen LogP contribution in [0.4, 0.5) is 0 Å². The summed E-state index contributed by atoms with van der Waals surface area (Å²) in [7, 11) is 0. The Morgan fingerprint density at radius 1 is 1.12 bits per heavy atom. The van der Waals surface area contributed by atoms with Crippen LogP contribution in [0.5, 0.6) is 10.8 Å². The standard InChI is InChI=1S/C13H12O2S/c1-9-5-10(2)7-11(6-9)15-13-4-3-12(8-14)16-13/h3-8H,1-2H3. The van der Waals surface area contributed by atoms with Gasteiger partial charge in [0.2, 0.25) is 0 Å². The van der Waals surface area contributed by atoms with Crippen LogP contribution in [-0.2, 0) is 0 Å². The van der Waals surface area contributed by atoms with Gasteiger partial charge in [-0.05, 0) is 49.2 Å². The molecule has 0 radical (unpaired) electrons. The first kappa shape index (κ1) is 10.9. The van der Waals surface area contributed by atoms with Crippen molar-refractivity contribution in [2.24, 2.45) is 0 Å². The number of ether oxygens (including phenoxy) is 1. The van der Waals surface area contributed by atoms with Crippen LogP contribution in [0.15, 0.2) is 30.3 Å². The first-order valence-corrected chi connectivity index (χ1v) is 5.80. The van der Waals surface area contributed by atoms with Crippen molar-refractivity contribution in [1.29, 1.82) is 0 Å². The topological polar surface area (TPSA) is 26.3 Å². The maximum atomic E-state index is 10.5. The Kier molecular flexibility index (Phi) is 3.06. The van der Waals surface area contributed by atoms with Gasteiger partial charge in [-0.2, -0.15) is 0 Å². The third-order valence-electron chi connectivity index (χ3n) is 2.13. The van der Waals surface area contributed by atoms with E-state index in [1.54, 1.807) is 6.07 Å². The van der Waals surface area contributed by atoms with E-state index in [-0.39, 0.29) is 0 Å². The Balaban J connectivity index is 2.22. The van der Waals surface area contributed by atoms with Crippen molar-refractivity contribution in [2.45, 2.75) is 13.8 Å². The van der Waals surface area contributed by atoms with Gasteiger partial charge in [0.15, 0.2) is 11.3 Å². The molecule has 2 nitrogen and oxygen atoms in total. The number of aldehydes is 1. The van der Waals surface area contributed by atoms with Crippen molar-refractivity contribution >= 4 is 17.6 Å². The molecular weight excluding hydrogens is 220 g/mol. The lowest BCUT2D eigenvalue weighted by Crippen LogP contribution is -1.83. The third-order valence-corrected chi connectivity index (χ3v) is 3.02. The fourth-order valence-electron chi connectivity index (χ4n) is 1.56. The maximum Gasteiger partial charge on any atom is 0.181 e. The van der Waals surface area contributed by atoms with Gasteiger partial charge in [-0.1, -0.05) is 17.4 Å². The van der Waals surface area contributed by atoms with Gasteiger partial charge in [-0.25, -0.2) is 0 Å². The lowest BCUT2D eigenvalue weighted by atomic mass is 10.1. The van der Waals surface area contributed by atoms with Crippen molar-refractivity contribution in [1.82, 2.24) is 0 Å². The zero-order valence-electron chi connectivity index (χ0n) is 9.19. The molecule has 1 heterocycles. The van der Waals surface area contributed by atoms with E-state index in [4.69, 9.17) is 4.74 Å². The summed E-state index contributed by atoms with van der Waals surface area (Å²) >= 11 is 1.35. The van der Waals surface area contributed by atoms with Gasteiger partial charge in [0.25, 0.3) is 0 Å². The SMILES string of the molecule is Cc1cc(C)cc(Oc2ccc(C=O)s2)c1. The van der Waals surface area contributed by atoms with E-state index in [0.29, 0.717) is 4.88 Å². The van der Waals surface area contributed by atoms with Crippen molar-refractivity contribution in [3.63, 3.8) is 0 Å². The first-order valence-electron chi connectivity index (χ1n) is 4.98. The molecule has 2 aromatic rings. The molecule has 0 N–H and O–H groups in total. The largest absolute Gasteiger partial charge is 0.447 e. The fraction of sp³-hybridized carbons (Fsp3) is 0.154. The normalized spacial score (nSPS) is 10.1. The Hall–Kier alpha value is -1.61. The maximum absolute atomic E-state index is 10.5. The van der Waals surface area contributed by atoms with Crippen molar-refractivity contribution in [3.8, 4) is 10.8 Å². The Morgan fingerprint density at radius 3 is 2.38 bits per heavy atom. The van der Waals surface area contributed by atoms with E-state index in [1.807, 2.05) is 32.0 Å². The zero-order chi connectivity index (χ0) is 11.5. The molecule has 1 aromatic heterocycles. The van der Waals surface area contributed by atoms with E-state index in [9.17, 15) is 4.79 Å². The summed E-state index contributed by atoms with van der Waals surface area (Å²) in [6.45, 7) is 4.07. The predicted octanol–water partition coefficient (Wildman–Crippen LogP) is 3.97. The highest BCUT2D eigenvalue weighted by Crippen LogP contribution is 2.29. The van der Waals surface area contributed by atoms with Crippen LogP contribution < -0.4 is 4.74 Å². The second kappa shape index (κ2) is 4.49. The second-order valence-electron chi connectivity index (χ2n) is 3.70. The smallest absolute Gasteiger partial charge is 0.181 e. The molecule has 0 aliphatic heterocycles. The van der Waals surface area contributed by atoms with E-state index in [0.717, 1.165) is 17.1 Å². The number of hydrogen-bond acceptors (Lipinski definition) is 3. The summed E-state index contributed by atoms with van der Waals surface area (Å²) in [6, 6.07) is 9.63. The molecule has 82 valence electrons. The fourth-order valence-corrected chi connectivity index (χ4v) is 2.25. The lowest BCUT2D eigenvalue weighted by molar-refractivity contribution is 0.112. The molecule has 0 amide bonds. The van der Waals surface area contributed by atoms with Gasteiger partial charge in [0.1, 0.15) is 5.75 Å². The molecule has 0 unspecified atom stereocenters. The molecule has 2 rings (SSSR count). The van der Waals surface area contributed by atoms with Crippen LogP contribution in [0.2, 0.25) is 0 Å². The predicted molar refractivity (Wildman–Crippen MR) is 65.7 cm³/mol. The molecule has 0 aliphatic carbocycles. The zero-order valence-corrected chi connectivity index (χ0v) is 10.0. The molecule has 0 aliphatic rings. The van der Waals surface area contributed by atoms with Gasteiger partial charge in [-0.3, -0.25) is 4.79 Å². The van der Waals surface area contributed by atoms with Crippen LogP contribution in [-0.4, -0.2) is 6.29 Å². The van der Waals surface area contributed by atoms with Crippen LogP contribution >= 0.6 is 11.3 Å². The van der Waals surface area contributed by atoms with Crippen LogP contribution in [0.1, 0.15) is 20.8 Å². The lowest BCUT2D eigenvalue weighted by Gasteiger charge is -2.05. The molecule has 3 heteroatoms. The van der Waals surface area contributed by atoms with Crippen LogP contribution in [0.3, 0.4) is 0 Å². The first-order chi connectivity index (χ1) is 7.67. The Bertz CT molecular complexity index is 494. The van der Waals surface area contributed by atoms with E-state index in [1.165, 1.54) is 22.5 Å². The second-order valence-corrected chi connectivity index (χ2v) is 4.78. The average molecular weight is 232 g/mol. The quantitative estimate of drug-likeness (QED) is 0.748. The number of benzene rings is 1. The van der Waals surface area contributed by atoms with E-state index in [2.05, 4.69) is 6.07 Å². The highest BCUT2D eigenvalue weighted by atomic mass is 32.1. The Labute approximate surface area is 98.5 Å². The molecule has 0 fully saturated rings. The average Bonchev–Trinajstić information content (AvgIpc) is 2.64. The van der Waals surface area contributed by atoms with Crippen molar-refractivity contribution in [3.05, 3.63) is 46.3 Å².